The monoisotopic (exact) mass is 439 g/mol. The molecule has 1 fully saturated rings. The predicted octanol–water partition coefficient (Wildman–Crippen LogP) is 4.13. The number of rotatable bonds is 2. The molecule has 4 rings (SSSR count). The molecule has 0 unspecified atom stereocenters. The van der Waals surface area contributed by atoms with Crippen LogP contribution < -0.4 is 4.90 Å². The smallest absolute Gasteiger partial charge is 0.355 e. The highest BCUT2D eigenvalue weighted by molar-refractivity contribution is 7.71. The SMILES string of the molecule is O=C(c1cc(F)cc2[nH]c(=S)[nH]c12)N1CCCN(c2ccc(C(F)(F)F)cn2)CC1. The number of anilines is 1. The van der Waals surface area contributed by atoms with Crippen LogP contribution >= 0.6 is 12.2 Å². The van der Waals surface area contributed by atoms with Gasteiger partial charge in [0.05, 0.1) is 22.2 Å². The molecule has 6 nitrogen and oxygen atoms in total. The van der Waals surface area contributed by atoms with Crippen LogP contribution in [0, 0.1) is 10.6 Å². The van der Waals surface area contributed by atoms with Gasteiger partial charge in [0, 0.05) is 32.4 Å². The molecule has 1 saturated heterocycles. The van der Waals surface area contributed by atoms with Crippen molar-refractivity contribution in [3.8, 4) is 0 Å². The van der Waals surface area contributed by atoms with Gasteiger partial charge in [-0.2, -0.15) is 13.2 Å². The number of pyridine rings is 1. The highest BCUT2D eigenvalue weighted by Crippen LogP contribution is 2.29. The van der Waals surface area contributed by atoms with Crippen molar-refractivity contribution in [1.29, 1.82) is 0 Å². The number of benzene rings is 1. The molecule has 3 heterocycles. The lowest BCUT2D eigenvalue weighted by Crippen LogP contribution is -2.35. The zero-order chi connectivity index (χ0) is 21.5. The summed E-state index contributed by atoms with van der Waals surface area (Å²) in [6.45, 7) is 1.68. The van der Waals surface area contributed by atoms with Crippen LogP contribution in [0.5, 0.6) is 0 Å². The Morgan fingerprint density at radius 1 is 1.10 bits per heavy atom. The van der Waals surface area contributed by atoms with E-state index in [9.17, 15) is 22.4 Å². The minimum Gasteiger partial charge on any atom is -0.355 e. The Bertz CT molecular complexity index is 1140. The Morgan fingerprint density at radius 3 is 2.60 bits per heavy atom. The van der Waals surface area contributed by atoms with Crippen molar-refractivity contribution in [2.45, 2.75) is 12.6 Å². The molecule has 1 aliphatic rings. The van der Waals surface area contributed by atoms with Gasteiger partial charge < -0.3 is 19.8 Å². The number of imidazole rings is 1. The molecule has 0 radical (unpaired) electrons. The average molecular weight is 439 g/mol. The highest BCUT2D eigenvalue weighted by Gasteiger charge is 2.31. The number of alkyl halides is 3. The average Bonchev–Trinajstić information content (AvgIpc) is 2.90. The first-order valence-corrected chi connectivity index (χ1v) is 9.62. The molecular formula is C19H17F4N5OS. The van der Waals surface area contributed by atoms with Crippen LogP contribution in [0.1, 0.15) is 22.3 Å². The van der Waals surface area contributed by atoms with Crippen LogP contribution in [0.4, 0.5) is 23.4 Å². The maximum atomic E-state index is 14.0. The molecule has 30 heavy (non-hydrogen) atoms. The second kappa shape index (κ2) is 7.71. The number of carbonyl (C=O) groups excluding carboxylic acids is 1. The number of aromatic amines is 2. The van der Waals surface area contributed by atoms with Gasteiger partial charge in [0.25, 0.3) is 5.91 Å². The first-order chi connectivity index (χ1) is 14.2. The fraction of sp³-hybridized carbons (Fsp3) is 0.316. The van der Waals surface area contributed by atoms with Crippen LogP contribution in [0.2, 0.25) is 0 Å². The van der Waals surface area contributed by atoms with E-state index in [0.717, 1.165) is 12.3 Å². The second-order valence-corrected chi connectivity index (χ2v) is 7.40. The van der Waals surface area contributed by atoms with Gasteiger partial charge in [0.15, 0.2) is 4.77 Å². The Balaban J connectivity index is 1.52. The van der Waals surface area contributed by atoms with Crippen molar-refractivity contribution in [1.82, 2.24) is 19.9 Å². The van der Waals surface area contributed by atoms with Gasteiger partial charge in [0.2, 0.25) is 0 Å². The molecule has 11 heteroatoms. The largest absolute Gasteiger partial charge is 0.417 e. The molecule has 0 saturated carbocycles. The number of hydrogen-bond acceptors (Lipinski definition) is 4. The number of aromatic nitrogens is 3. The molecule has 0 atom stereocenters. The van der Waals surface area contributed by atoms with Crippen molar-refractivity contribution in [2.75, 3.05) is 31.1 Å². The van der Waals surface area contributed by atoms with Crippen molar-refractivity contribution in [3.63, 3.8) is 0 Å². The number of fused-ring (bicyclic) bond motifs is 1. The quantitative estimate of drug-likeness (QED) is 0.466. The lowest BCUT2D eigenvalue weighted by molar-refractivity contribution is -0.137. The molecule has 1 aromatic carbocycles. The Kier molecular flexibility index (Phi) is 5.22. The predicted molar refractivity (Wildman–Crippen MR) is 105 cm³/mol. The van der Waals surface area contributed by atoms with Crippen LogP contribution in [-0.4, -0.2) is 51.9 Å². The minimum absolute atomic E-state index is 0.179. The van der Waals surface area contributed by atoms with Crippen LogP contribution in [0.3, 0.4) is 0 Å². The molecule has 158 valence electrons. The summed E-state index contributed by atoms with van der Waals surface area (Å²) >= 11 is 5.04. The highest BCUT2D eigenvalue weighted by atomic mass is 32.1. The zero-order valence-corrected chi connectivity index (χ0v) is 16.4. The zero-order valence-electron chi connectivity index (χ0n) is 15.6. The molecule has 0 spiro atoms. The molecule has 2 aromatic heterocycles. The van der Waals surface area contributed by atoms with E-state index in [4.69, 9.17) is 12.2 Å². The fourth-order valence-corrected chi connectivity index (χ4v) is 3.75. The molecular weight excluding hydrogens is 422 g/mol. The Labute approximate surface area is 173 Å². The molecule has 1 amide bonds. The van der Waals surface area contributed by atoms with Crippen LogP contribution in [0.25, 0.3) is 11.0 Å². The maximum Gasteiger partial charge on any atom is 0.417 e. The fourth-order valence-electron chi connectivity index (χ4n) is 3.54. The Morgan fingerprint density at radius 2 is 1.90 bits per heavy atom. The van der Waals surface area contributed by atoms with Crippen molar-refractivity contribution in [3.05, 3.63) is 52.2 Å². The number of carbonyl (C=O) groups is 1. The summed E-state index contributed by atoms with van der Waals surface area (Å²) in [4.78, 5) is 26.1. The minimum atomic E-state index is -4.44. The number of amides is 1. The van der Waals surface area contributed by atoms with Gasteiger partial charge in [-0.25, -0.2) is 9.37 Å². The van der Waals surface area contributed by atoms with E-state index < -0.39 is 17.6 Å². The van der Waals surface area contributed by atoms with Gasteiger partial charge in [-0.3, -0.25) is 4.79 Å². The number of H-pyrrole nitrogens is 2. The van der Waals surface area contributed by atoms with Crippen molar-refractivity contribution in [2.24, 2.45) is 0 Å². The lowest BCUT2D eigenvalue weighted by Gasteiger charge is -2.23. The summed E-state index contributed by atoms with van der Waals surface area (Å²) in [7, 11) is 0. The van der Waals surface area contributed by atoms with E-state index in [2.05, 4.69) is 15.0 Å². The second-order valence-electron chi connectivity index (χ2n) is 6.99. The molecule has 2 N–H and O–H groups in total. The third-order valence-electron chi connectivity index (χ3n) is 5.00. The van der Waals surface area contributed by atoms with Gasteiger partial charge in [-0.05, 0) is 42.9 Å². The lowest BCUT2D eigenvalue weighted by atomic mass is 10.1. The summed E-state index contributed by atoms with van der Waals surface area (Å²) in [5.74, 6) is -0.478. The normalized spacial score (nSPS) is 15.5. The van der Waals surface area contributed by atoms with E-state index in [0.29, 0.717) is 54.2 Å². The summed E-state index contributed by atoms with van der Waals surface area (Å²) in [6.07, 6.45) is -3.04. The Hall–Kier alpha value is -2.95. The van der Waals surface area contributed by atoms with E-state index in [-0.39, 0.29) is 11.5 Å². The van der Waals surface area contributed by atoms with Crippen molar-refractivity contribution < 1.29 is 22.4 Å². The third kappa shape index (κ3) is 4.02. The van der Waals surface area contributed by atoms with Crippen LogP contribution in [0.15, 0.2) is 30.5 Å². The first kappa shape index (κ1) is 20.3. The van der Waals surface area contributed by atoms with Gasteiger partial charge in [-0.15, -0.1) is 0 Å². The van der Waals surface area contributed by atoms with Gasteiger partial charge in [0.1, 0.15) is 11.6 Å². The standard InChI is InChI=1S/C19H17F4N5OS/c20-12-8-13(16-14(9-12)25-18(30)26-16)17(29)28-5-1-4-27(6-7-28)15-3-2-11(10-24-15)19(21,22)23/h2-3,8-10H,1,4-7H2,(H2,25,26,30). The number of hydrogen-bond donors (Lipinski definition) is 2. The summed E-state index contributed by atoms with van der Waals surface area (Å²) in [6, 6.07) is 4.76. The van der Waals surface area contributed by atoms with E-state index in [1.807, 2.05) is 4.90 Å². The van der Waals surface area contributed by atoms with Crippen molar-refractivity contribution >= 4 is 35.0 Å². The molecule has 0 bridgehead atoms. The van der Waals surface area contributed by atoms with E-state index in [1.165, 1.54) is 18.2 Å². The summed E-state index contributed by atoms with van der Waals surface area (Å²) in [5, 5.41) is 0. The molecule has 1 aliphatic heterocycles. The van der Waals surface area contributed by atoms with Gasteiger partial charge in [-0.1, -0.05) is 0 Å². The van der Waals surface area contributed by atoms with E-state index in [1.54, 1.807) is 4.90 Å². The molecule has 0 aliphatic carbocycles. The maximum absolute atomic E-state index is 14.0. The number of nitrogens with one attached hydrogen (secondary N) is 2. The van der Waals surface area contributed by atoms with Crippen LogP contribution in [-0.2, 0) is 6.18 Å². The third-order valence-corrected chi connectivity index (χ3v) is 5.21. The van der Waals surface area contributed by atoms with E-state index >= 15 is 0 Å². The first-order valence-electron chi connectivity index (χ1n) is 9.21. The molecule has 3 aromatic rings. The topological polar surface area (TPSA) is 68.0 Å². The van der Waals surface area contributed by atoms with Gasteiger partial charge >= 0.3 is 6.18 Å². The summed E-state index contributed by atoms with van der Waals surface area (Å²) in [5.41, 5.74) is 0.223. The number of nitrogens with zero attached hydrogens (tertiary/aromatic N) is 3. The summed E-state index contributed by atoms with van der Waals surface area (Å²) < 4.78 is 52.5. The number of halogens is 4.